The number of hydrogen-bond donors (Lipinski definition) is 1. The number of ketones is 1. The molecule has 1 saturated heterocycles. The van der Waals surface area contributed by atoms with E-state index < -0.39 is 28.5 Å². The summed E-state index contributed by atoms with van der Waals surface area (Å²) in [5.41, 5.74) is -0.521. The standard InChI is InChI=1S/C28H30ClFN6O5/c1-15(21-11-17(30)14-35(21)2)41-23-12-22(29)32-27(33-23)25(34-38)18-6-4-10-28(26(18)37)9-3-5-16-7-8-20(36(39)40)19(13-31)24(16)28/h7-8,12,15,17-18,21,38H,3-6,9-11,14H2,1-2H3/b34-25-/t15-,17+,18?,21-,28?/m0/s1. The highest BCUT2D eigenvalue weighted by atomic mass is 35.5. The number of ether oxygens (including phenoxy) is 1. The fourth-order valence-corrected chi connectivity index (χ4v) is 7.11. The van der Waals surface area contributed by atoms with Gasteiger partial charge in [0.05, 0.1) is 16.3 Å². The van der Waals surface area contributed by atoms with Crippen molar-refractivity contribution >= 4 is 28.8 Å². The maximum Gasteiger partial charge on any atom is 0.287 e. The van der Waals surface area contributed by atoms with Crippen molar-refractivity contribution in [1.29, 1.82) is 5.26 Å². The van der Waals surface area contributed by atoms with Crippen LogP contribution in [0.2, 0.25) is 5.15 Å². The topological polar surface area (TPSA) is 155 Å². The summed E-state index contributed by atoms with van der Waals surface area (Å²) in [5.74, 6) is -1.23. The number of likely N-dealkylation sites (tertiary alicyclic amines) is 1. The van der Waals surface area contributed by atoms with Crippen LogP contribution in [0.25, 0.3) is 0 Å². The lowest BCUT2D eigenvalue weighted by Gasteiger charge is -2.43. The average Bonchev–Trinajstić information content (AvgIpc) is 3.28. The smallest absolute Gasteiger partial charge is 0.287 e. The van der Waals surface area contributed by atoms with Crippen LogP contribution < -0.4 is 4.74 Å². The minimum atomic E-state index is -1.15. The number of nitro groups is 1. The molecule has 1 N–H and O–H groups in total. The number of halogens is 2. The molecule has 1 aromatic carbocycles. The van der Waals surface area contributed by atoms with Crippen LogP contribution in [-0.4, -0.2) is 68.4 Å². The first-order valence-corrected chi connectivity index (χ1v) is 14.0. The van der Waals surface area contributed by atoms with E-state index in [2.05, 4.69) is 15.1 Å². The second-order valence-electron chi connectivity index (χ2n) is 11.1. The van der Waals surface area contributed by atoms with E-state index in [4.69, 9.17) is 16.3 Å². The molecule has 41 heavy (non-hydrogen) atoms. The van der Waals surface area contributed by atoms with E-state index in [1.54, 1.807) is 13.0 Å². The lowest BCUT2D eigenvalue weighted by atomic mass is 9.57. The molecule has 3 aliphatic rings. The van der Waals surface area contributed by atoms with E-state index in [0.29, 0.717) is 57.1 Å². The van der Waals surface area contributed by atoms with Gasteiger partial charge in [0.25, 0.3) is 5.69 Å². The number of hydrogen-bond acceptors (Lipinski definition) is 10. The van der Waals surface area contributed by atoms with Crippen LogP contribution >= 0.6 is 11.6 Å². The Kier molecular flexibility index (Phi) is 7.94. The summed E-state index contributed by atoms with van der Waals surface area (Å²) in [6.07, 6.45) is 1.89. The molecular formula is C28H30ClFN6O5. The molecule has 1 saturated carbocycles. The number of aromatic nitrogens is 2. The molecule has 2 unspecified atom stereocenters. The molecule has 11 nitrogen and oxygen atoms in total. The average molecular weight is 585 g/mol. The van der Waals surface area contributed by atoms with E-state index in [1.165, 1.54) is 12.1 Å². The quantitative estimate of drug-likeness (QED) is 0.169. The fraction of sp³-hybridized carbons (Fsp3) is 0.536. The Morgan fingerprint density at radius 3 is 2.80 bits per heavy atom. The molecule has 0 radical (unpaired) electrons. The van der Waals surface area contributed by atoms with Crippen molar-refractivity contribution in [3.05, 3.63) is 56.0 Å². The predicted molar refractivity (Wildman–Crippen MR) is 146 cm³/mol. The number of carbonyl (C=O) groups is 1. The number of rotatable bonds is 6. The van der Waals surface area contributed by atoms with E-state index in [0.717, 1.165) is 5.56 Å². The van der Waals surface area contributed by atoms with Crippen LogP contribution in [0, 0.1) is 27.4 Å². The third-order valence-corrected chi connectivity index (χ3v) is 8.92. The van der Waals surface area contributed by atoms with Gasteiger partial charge in [0, 0.05) is 24.7 Å². The molecule has 2 aliphatic carbocycles. The van der Waals surface area contributed by atoms with Gasteiger partial charge >= 0.3 is 0 Å². The van der Waals surface area contributed by atoms with Crippen LogP contribution in [-0.2, 0) is 16.6 Å². The van der Waals surface area contributed by atoms with Gasteiger partial charge in [-0.15, -0.1) is 0 Å². The highest BCUT2D eigenvalue weighted by Crippen LogP contribution is 2.50. The van der Waals surface area contributed by atoms with Crippen molar-refractivity contribution in [2.24, 2.45) is 11.1 Å². The number of Topliss-reactive ketones (excluding diaryl/α,β-unsaturated/α-hetero) is 1. The lowest BCUT2D eigenvalue weighted by molar-refractivity contribution is -0.385. The Balaban J connectivity index is 1.50. The van der Waals surface area contributed by atoms with Crippen LogP contribution in [0.3, 0.4) is 0 Å². The van der Waals surface area contributed by atoms with E-state index in [1.807, 2.05) is 18.0 Å². The zero-order valence-electron chi connectivity index (χ0n) is 22.7. The normalized spacial score (nSPS) is 27.3. The SMILES string of the molecule is C[C@H](Oc1cc(Cl)nc(/C(=N\O)C2CCCC3(CCCc4ccc([N+](=O)[O-])c(C#N)c43)C2=O)n1)[C@@H]1C[C@@H](F)CN1C. The molecule has 5 atom stereocenters. The number of nitriles is 1. The second kappa shape index (κ2) is 11.3. The lowest BCUT2D eigenvalue weighted by Crippen LogP contribution is -2.49. The highest BCUT2D eigenvalue weighted by molar-refractivity contribution is 6.29. The van der Waals surface area contributed by atoms with Crippen molar-refractivity contribution in [3.8, 4) is 11.9 Å². The molecule has 2 fully saturated rings. The van der Waals surface area contributed by atoms with E-state index in [-0.39, 0.29) is 45.6 Å². The number of alkyl halides is 1. The van der Waals surface area contributed by atoms with Crippen molar-refractivity contribution in [3.63, 3.8) is 0 Å². The van der Waals surface area contributed by atoms with Crippen molar-refractivity contribution in [2.75, 3.05) is 13.6 Å². The number of benzene rings is 1. The summed E-state index contributed by atoms with van der Waals surface area (Å²) in [4.78, 5) is 36.0. The summed E-state index contributed by atoms with van der Waals surface area (Å²) >= 11 is 6.29. The Bertz CT molecular complexity index is 1460. The summed E-state index contributed by atoms with van der Waals surface area (Å²) in [6, 6.07) is 6.16. The molecular weight excluding hydrogens is 555 g/mol. The predicted octanol–water partition coefficient (Wildman–Crippen LogP) is 4.54. The Labute approximate surface area is 241 Å². The molecule has 2 heterocycles. The molecule has 13 heteroatoms. The molecule has 216 valence electrons. The number of nitro benzene ring substituents is 1. The van der Waals surface area contributed by atoms with Gasteiger partial charge in [0.1, 0.15) is 34.8 Å². The number of aryl methyl sites for hydroxylation is 1. The zero-order chi connectivity index (χ0) is 29.5. The third-order valence-electron chi connectivity index (χ3n) is 8.73. The van der Waals surface area contributed by atoms with Crippen LogP contribution in [0.4, 0.5) is 10.1 Å². The van der Waals surface area contributed by atoms with Crippen LogP contribution in [0.15, 0.2) is 23.4 Å². The summed E-state index contributed by atoms with van der Waals surface area (Å²) < 4.78 is 19.9. The number of nitrogens with zero attached hydrogens (tertiary/aromatic N) is 6. The third kappa shape index (κ3) is 5.13. The second-order valence-corrected chi connectivity index (χ2v) is 11.5. The van der Waals surface area contributed by atoms with Gasteiger partial charge in [-0.2, -0.15) is 10.2 Å². The van der Waals surface area contributed by atoms with Gasteiger partial charge in [-0.3, -0.25) is 19.8 Å². The minimum absolute atomic E-state index is 0.00451. The first-order valence-electron chi connectivity index (χ1n) is 13.6. The first-order chi connectivity index (χ1) is 19.6. The van der Waals surface area contributed by atoms with Gasteiger partial charge in [0.2, 0.25) is 5.88 Å². The van der Waals surface area contributed by atoms with Crippen LogP contribution in [0.1, 0.15) is 68.0 Å². The zero-order valence-corrected chi connectivity index (χ0v) is 23.5. The summed E-state index contributed by atoms with van der Waals surface area (Å²) in [5, 5.41) is 35.3. The molecule has 5 rings (SSSR count). The largest absolute Gasteiger partial charge is 0.473 e. The summed E-state index contributed by atoms with van der Waals surface area (Å²) in [7, 11) is 1.82. The molecule has 1 aliphatic heterocycles. The van der Waals surface area contributed by atoms with E-state index in [9.17, 15) is 29.8 Å². The number of likely N-dealkylation sites (N-methyl/N-ethyl adjacent to an activating group) is 1. The van der Waals surface area contributed by atoms with Gasteiger partial charge in [0.15, 0.2) is 11.6 Å². The molecule has 0 bridgehead atoms. The van der Waals surface area contributed by atoms with Crippen molar-refractivity contribution < 1.29 is 24.1 Å². The van der Waals surface area contributed by atoms with Crippen molar-refractivity contribution in [2.45, 2.75) is 75.6 Å². The van der Waals surface area contributed by atoms with Gasteiger partial charge < -0.3 is 9.94 Å². The van der Waals surface area contributed by atoms with E-state index >= 15 is 0 Å². The van der Waals surface area contributed by atoms with Crippen LogP contribution in [0.5, 0.6) is 5.88 Å². The molecule has 1 aromatic heterocycles. The molecule has 2 aromatic rings. The number of oxime groups is 1. The maximum atomic E-state index is 14.3. The molecule has 1 spiro atoms. The maximum absolute atomic E-state index is 14.3. The number of carbonyl (C=O) groups excluding carboxylic acids is 1. The minimum Gasteiger partial charge on any atom is -0.473 e. The number of fused-ring (bicyclic) bond motifs is 2. The monoisotopic (exact) mass is 584 g/mol. The Morgan fingerprint density at radius 2 is 2.15 bits per heavy atom. The fourth-order valence-electron chi connectivity index (χ4n) is 6.94. The first kappa shape index (κ1) is 28.8. The van der Waals surface area contributed by atoms with Crippen molar-refractivity contribution in [1.82, 2.24) is 14.9 Å². The van der Waals surface area contributed by atoms with Gasteiger partial charge in [-0.1, -0.05) is 29.2 Å². The summed E-state index contributed by atoms with van der Waals surface area (Å²) in [6.45, 7) is 2.11. The van der Waals surface area contributed by atoms with Gasteiger partial charge in [-0.05, 0) is 63.6 Å². The molecule has 0 amide bonds. The van der Waals surface area contributed by atoms with Gasteiger partial charge in [-0.25, -0.2) is 9.37 Å². The Morgan fingerprint density at radius 1 is 1.39 bits per heavy atom. The Hall–Kier alpha value is -3.69. The highest BCUT2D eigenvalue weighted by Gasteiger charge is 2.52.